The lowest BCUT2D eigenvalue weighted by Gasteiger charge is -2.19. The fraction of sp³-hybridized carbons (Fsp3) is 0.500. The summed E-state index contributed by atoms with van der Waals surface area (Å²) in [7, 11) is 0. The van der Waals surface area contributed by atoms with Crippen LogP contribution in [0.3, 0.4) is 0 Å². The monoisotopic (exact) mass is 234 g/mol. The minimum atomic E-state index is -0.772. The highest BCUT2D eigenvalue weighted by molar-refractivity contribution is 5.74. The van der Waals surface area contributed by atoms with E-state index in [0.717, 1.165) is 24.2 Å². The zero-order chi connectivity index (χ0) is 12.5. The van der Waals surface area contributed by atoms with Gasteiger partial charge in [0.05, 0.1) is 11.5 Å². The van der Waals surface area contributed by atoms with Crippen LogP contribution in [0.5, 0.6) is 5.75 Å². The smallest absolute Gasteiger partial charge is 0.309 e. The molecule has 1 N–H and O–H groups in total. The van der Waals surface area contributed by atoms with E-state index in [1.165, 1.54) is 0 Å². The normalized spacial score (nSPS) is 15.6. The number of benzene rings is 1. The van der Waals surface area contributed by atoms with Crippen molar-refractivity contribution in [1.82, 2.24) is 0 Å². The molecule has 0 spiro atoms. The lowest BCUT2D eigenvalue weighted by molar-refractivity contribution is -0.146. The number of rotatable bonds is 5. The molecule has 1 aromatic carbocycles. The standard InChI is InChI=1S/C14H18O3/c1-14(2,13(15)16)9-10-4-3-5-12(8-10)17-11-6-7-11/h3-5,8,11H,6-7,9H2,1-2H3,(H,15,16). The molecule has 17 heavy (non-hydrogen) atoms. The van der Waals surface area contributed by atoms with Crippen LogP contribution in [0.15, 0.2) is 24.3 Å². The number of carboxylic acid groups (broad SMARTS) is 1. The second kappa shape index (κ2) is 4.40. The van der Waals surface area contributed by atoms with Crippen LogP contribution in [0.4, 0.5) is 0 Å². The molecule has 0 atom stereocenters. The molecule has 1 saturated carbocycles. The van der Waals surface area contributed by atoms with Gasteiger partial charge < -0.3 is 9.84 Å². The highest BCUT2D eigenvalue weighted by atomic mass is 16.5. The molecular weight excluding hydrogens is 216 g/mol. The number of ether oxygens (including phenoxy) is 1. The molecule has 1 fully saturated rings. The Bertz CT molecular complexity index is 419. The van der Waals surface area contributed by atoms with E-state index in [2.05, 4.69) is 0 Å². The summed E-state index contributed by atoms with van der Waals surface area (Å²) in [6.07, 6.45) is 3.15. The third-order valence-electron chi connectivity index (χ3n) is 2.95. The second-order valence-electron chi connectivity index (χ2n) is 5.33. The Kier molecular flexibility index (Phi) is 3.09. The Morgan fingerprint density at radius 1 is 1.47 bits per heavy atom. The van der Waals surface area contributed by atoms with Crippen molar-refractivity contribution in [2.45, 2.75) is 39.2 Å². The van der Waals surface area contributed by atoms with Crippen molar-refractivity contribution in [2.75, 3.05) is 0 Å². The lowest BCUT2D eigenvalue weighted by atomic mass is 9.86. The molecule has 0 saturated heterocycles. The molecular formula is C14H18O3. The van der Waals surface area contributed by atoms with Gasteiger partial charge in [0.2, 0.25) is 0 Å². The minimum absolute atomic E-state index is 0.373. The highest BCUT2D eigenvalue weighted by Gasteiger charge is 2.28. The van der Waals surface area contributed by atoms with Gasteiger partial charge in [0.25, 0.3) is 0 Å². The Hall–Kier alpha value is -1.51. The average Bonchev–Trinajstić information content (AvgIpc) is 3.01. The number of carbonyl (C=O) groups is 1. The number of aliphatic carboxylic acids is 1. The maximum absolute atomic E-state index is 11.1. The van der Waals surface area contributed by atoms with Crippen LogP contribution in [0.1, 0.15) is 32.3 Å². The summed E-state index contributed by atoms with van der Waals surface area (Å²) in [5.41, 5.74) is 0.272. The first-order valence-electron chi connectivity index (χ1n) is 5.96. The topological polar surface area (TPSA) is 46.5 Å². The fourth-order valence-corrected chi connectivity index (χ4v) is 1.69. The van der Waals surface area contributed by atoms with Gasteiger partial charge in [-0.05, 0) is 50.8 Å². The third-order valence-corrected chi connectivity index (χ3v) is 2.95. The molecule has 0 bridgehead atoms. The average molecular weight is 234 g/mol. The third kappa shape index (κ3) is 3.22. The van der Waals surface area contributed by atoms with Gasteiger partial charge in [-0.1, -0.05) is 12.1 Å². The first-order valence-corrected chi connectivity index (χ1v) is 5.96. The molecule has 92 valence electrons. The van der Waals surface area contributed by atoms with E-state index in [1.807, 2.05) is 24.3 Å². The van der Waals surface area contributed by atoms with E-state index < -0.39 is 11.4 Å². The molecule has 0 unspecified atom stereocenters. The van der Waals surface area contributed by atoms with E-state index in [9.17, 15) is 4.79 Å². The van der Waals surface area contributed by atoms with Crippen molar-refractivity contribution in [2.24, 2.45) is 5.41 Å². The first-order chi connectivity index (χ1) is 7.97. The van der Waals surface area contributed by atoms with Crippen molar-refractivity contribution >= 4 is 5.97 Å². The van der Waals surface area contributed by atoms with Crippen molar-refractivity contribution in [3.8, 4) is 5.75 Å². The van der Waals surface area contributed by atoms with Crippen LogP contribution in [-0.4, -0.2) is 17.2 Å². The quantitative estimate of drug-likeness (QED) is 0.852. The largest absolute Gasteiger partial charge is 0.490 e. The number of hydrogen-bond acceptors (Lipinski definition) is 2. The van der Waals surface area contributed by atoms with Crippen LogP contribution < -0.4 is 4.74 Å². The molecule has 1 aliphatic rings. The SMILES string of the molecule is CC(C)(Cc1cccc(OC2CC2)c1)C(=O)O. The Morgan fingerprint density at radius 3 is 2.76 bits per heavy atom. The fourth-order valence-electron chi connectivity index (χ4n) is 1.69. The van der Waals surface area contributed by atoms with Gasteiger partial charge >= 0.3 is 5.97 Å². The van der Waals surface area contributed by atoms with Gasteiger partial charge in [-0.2, -0.15) is 0 Å². The van der Waals surface area contributed by atoms with E-state index in [4.69, 9.17) is 9.84 Å². The van der Waals surface area contributed by atoms with Crippen molar-refractivity contribution in [1.29, 1.82) is 0 Å². The van der Waals surface area contributed by atoms with Gasteiger partial charge in [-0.25, -0.2) is 0 Å². The van der Waals surface area contributed by atoms with Crippen LogP contribution >= 0.6 is 0 Å². The van der Waals surface area contributed by atoms with E-state index >= 15 is 0 Å². The minimum Gasteiger partial charge on any atom is -0.490 e. The van der Waals surface area contributed by atoms with E-state index in [-0.39, 0.29) is 0 Å². The summed E-state index contributed by atoms with van der Waals surface area (Å²) in [6, 6.07) is 7.74. The van der Waals surface area contributed by atoms with Crippen LogP contribution in [0.2, 0.25) is 0 Å². The van der Waals surface area contributed by atoms with E-state index in [1.54, 1.807) is 13.8 Å². The summed E-state index contributed by atoms with van der Waals surface area (Å²) in [5.74, 6) is 0.0807. The van der Waals surface area contributed by atoms with Crippen molar-refractivity contribution in [3.05, 3.63) is 29.8 Å². The predicted molar refractivity (Wildman–Crippen MR) is 65.2 cm³/mol. The summed E-state index contributed by atoms with van der Waals surface area (Å²) in [4.78, 5) is 11.1. The Labute approximate surface area is 101 Å². The van der Waals surface area contributed by atoms with Crippen molar-refractivity contribution < 1.29 is 14.6 Å². The molecule has 2 rings (SSSR count). The predicted octanol–water partition coefficient (Wildman–Crippen LogP) is 2.88. The molecule has 0 heterocycles. The highest BCUT2D eigenvalue weighted by Crippen LogP contribution is 2.29. The Morgan fingerprint density at radius 2 is 2.18 bits per heavy atom. The zero-order valence-electron chi connectivity index (χ0n) is 10.3. The van der Waals surface area contributed by atoms with Crippen LogP contribution in [0, 0.1) is 5.41 Å². The van der Waals surface area contributed by atoms with Crippen LogP contribution in [0.25, 0.3) is 0 Å². The van der Waals surface area contributed by atoms with Gasteiger partial charge in [0, 0.05) is 0 Å². The van der Waals surface area contributed by atoms with Crippen LogP contribution in [-0.2, 0) is 11.2 Å². The number of carboxylic acids is 1. The molecule has 0 aromatic heterocycles. The maximum atomic E-state index is 11.1. The van der Waals surface area contributed by atoms with E-state index in [0.29, 0.717) is 12.5 Å². The summed E-state index contributed by atoms with van der Waals surface area (Å²) < 4.78 is 5.69. The van der Waals surface area contributed by atoms with Gasteiger partial charge in [-0.15, -0.1) is 0 Å². The van der Waals surface area contributed by atoms with Gasteiger partial charge in [0.15, 0.2) is 0 Å². The van der Waals surface area contributed by atoms with Gasteiger partial charge in [-0.3, -0.25) is 4.79 Å². The number of hydrogen-bond donors (Lipinski definition) is 1. The second-order valence-corrected chi connectivity index (χ2v) is 5.33. The molecule has 3 heteroatoms. The molecule has 1 aliphatic carbocycles. The van der Waals surface area contributed by atoms with Crippen molar-refractivity contribution in [3.63, 3.8) is 0 Å². The lowest BCUT2D eigenvalue weighted by Crippen LogP contribution is -2.26. The molecule has 0 amide bonds. The summed E-state index contributed by atoms with van der Waals surface area (Å²) in [6.45, 7) is 3.48. The Balaban J connectivity index is 2.07. The molecule has 3 nitrogen and oxygen atoms in total. The van der Waals surface area contributed by atoms with Gasteiger partial charge in [0.1, 0.15) is 5.75 Å². The first kappa shape index (κ1) is 12.0. The molecule has 0 radical (unpaired) electrons. The zero-order valence-corrected chi connectivity index (χ0v) is 10.3. The summed E-state index contributed by atoms with van der Waals surface area (Å²) >= 11 is 0. The molecule has 0 aliphatic heterocycles. The maximum Gasteiger partial charge on any atom is 0.309 e. The molecule has 1 aromatic rings. The summed E-state index contributed by atoms with van der Waals surface area (Å²) in [5, 5.41) is 9.10.